The molecule has 3 aromatic carbocycles. The van der Waals surface area contributed by atoms with Crippen molar-refractivity contribution in [3.8, 4) is 0 Å². The van der Waals surface area contributed by atoms with Gasteiger partial charge in [-0.2, -0.15) is 0 Å². The van der Waals surface area contributed by atoms with Gasteiger partial charge in [0.2, 0.25) is 0 Å². The summed E-state index contributed by atoms with van der Waals surface area (Å²) in [4.78, 5) is 39.4. The van der Waals surface area contributed by atoms with Crippen LogP contribution < -0.4 is 15.5 Å². The van der Waals surface area contributed by atoms with E-state index in [1.54, 1.807) is 54.6 Å². The first-order chi connectivity index (χ1) is 15.7. The van der Waals surface area contributed by atoms with Crippen LogP contribution in [0.3, 0.4) is 0 Å². The molecule has 0 aromatic heterocycles. The summed E-state index contributed by atoms with van der Waals surface area (Å²) in [5.41, 5.74) is 2.53. The Bertz CT molecular complexity index is 1310. The molecule has 0 fully saturated rings. The maximum Gasteiger partial charge on any atom is 0.283 e. The highest BCUT2D eigenvalue weighted by Crippen LogP contribution is 2.31. The van der Waals surface area contributed by atoms with Crippen LogP contribution >= 0.6 is 39.1 Å². The van der Waals surface area contributed by atoms with Gasteiger partial charge in [-0.3, -0.25) is 14.4 Å². The lowest BCUT2D eigenvalue weighted by atomic mass is 10.1. The van der Waals surface area contributed by atoms with Crippen molar-refractivity contribution in [2.75, 3.05) is 15.5 Å². The molecule has 6 nitrogen and oxygen atoms in total. The van der Waals surface area contributed by atoms with E-state index in [-0.39, 0.29) is 16.6 Å². The van der Waals surface area contributed by atoms with E-state index >= 15 is 0 Å². The third-order valence-electron chi connectivity index (χ3n) is 4.97. The first-order valence-electron chi connectivity index (χ1n) is 9.73. The number of amides is 3. The SMILES string of the molecule is Cc1ccc(C(=O)Nc2ccc(Br)cc2)cc1NC1=C(Cl)C(=O)N(c2ccc(Cl)cc2)C1=O. The van der Waals surface area contributed by atoms with Gasteiger partial charge in [-0.15, -0.1) is 0 Å². The molecule has 4 rings (SSSR count). The van der Waals surface area contributed by atoms with E-state index in [4.69, 9.17) is 23.2 Å². The molecule has 1 aliphatic rings. The fourth-order valence-electron chi connectivity index (χ4n) is 3.21. The number of carbonyl (C=O) groups excluding carboxylic acids is 3. The Hall–Kier alpha value is -3.13. The molecule has 0 saturated heterocycles. The summed E-state index contributed by atoms with van der Waals surface area (Å²) >= 11 is 15.5. The van der Waals surface area contributed by atoms with Crippen LogP contribution in [0.15, 0.2) is 81.9 Å². The Labute approximate surface area is 208 Å². The molecule has 33 heavy (non-hydrogen) atoms. The van der Waals surface area contributed by atoms with Crippen molar-refractivity contribution in [3.63, 3.8) is 0 Å². The lowest BCUT2D eigenvalue weighted by Crippen LogP contribution is -2.32. The molecule has 0 saturated carbocycles. The molecule has 2 N–H and O–H groups in total. The summed E-state index contributed by atoms with van der Waals surface area (Å²) in [5, 5.41) is 6.00. The molecule has 0 bridgehead atoms. The van der Waals surface area contributed by atoms with Crippen molar-refractivity contribution < 1.29 is 14.4 Å². The lowest BCUT2D eigenvalue weighted by molar-refractivity contribution is -0.120. The van der Waals surface area contributed by atoms with Gasteiger partial charge in [0, 0.05) is 26.4 Å². The highest BCUT2D eigenvalue weighted by Gasteiger charge is 2.39. The fraction of sp³-hybridized carbons (Fsp3) is 0.0417. The van der Waals surface area contributed by atoms with Gasteiger partial charge in [0.1, 0.15) is 10.7 Å². The highest BCUT2D eigenvalue weighted by atomic mass is 79.9. The smallest absolute Gasteiger partial charge is 0.283 e. The average molecular weight is 545 g/mol. The van der Waals surface area contributed by atoms with Gasteiger partial charge in [-0.1, -0.05) is 45.2 Å². The number of halogens is 3. The Morgan fingerprint density at radius 2 is 1.58 bits per heavy atom. The number of aryl methyl sites for hydroxylation is 1. The second-order valence-corrected chi connectivity index (χ2v) is 8.96. The van der Waals surface area contributed by atoms with Crippen molar-refractivity contribution in [2.45, 2.75) is 6.92 Å². The topological polar surface area (TPSA) is 78.5 Å². The number of carbonyl (C=O) groups is 3. The molecule has 0 spiro atoms. The van der Waals surface area contributed by atoms with E-state index < -0.39 is 11.8 Å². The minimum atomic E-state index is -0.645. The first-order valence-corrected chi connectivity index (χ1v) is 11.3. The maximum absolute atomic E-state index is 13.0. The predicted molar refractivity (Wildman–Crippen MR) is 134 cm³/mol. The molecule has 0 unspecified atom stereocenters. The molecule has 0 atom stereocenters. The number of nitrogens with zero attached hydrogens (tertiary/aromatic N) is 1. The van der Waals surface area contributed by atoms with Crippen LogP contribution in [0.2, 0.25) is 5.02 Å². The Morgan fingerprint density at radius 1 is 0.909 bits per heavy atom. The number of rotatable bonds is 5. The zero-order valence-electron chi connectivity index (χ0n) is 17.2. The largest absolute Gasteiger partial charge is 0.349 e. The van der Waals surface area contributed by atoms with Crippen LogP contribution in [0.5, 0.6) is 0 Å². The van der Waals surface area contributed by atoms with E-state index in [1.165, 1.54) is 0 Å². The minimum Gasteiger partial charge on any atom is -0.349 e. The summed E-state index contributed by atoms with van der Waals surface area (Å²) in [6.45, 7) is 1.81. The first kappa shape index (κ1) is 23.0. The van der Waals surface area contributed by atoms with Gasteiger partial charge in [0.05, 0.1) is 5.69 Å². The van der Waals surface area contributed by atoms with Gasteiger partial charge in [-0.25, -0.2) is 4.90 Å². The third-order valence-corrected chi connectivity index (χ3v) is 6.10. The van der Waals surface area contributed by atoms with E-state index in [9.17, 15) is 14.4 Å². The maximum atomic E-state index is 13.0. The van der Waals surface area contributed by atoms with Gasteiger partial charge in [-0.05, 0) is 73.2 Å². The van der Waals surface area contributed by atoms with Crippen molar-refractivity contribution in [3.05, 3.63) is 98.1 Å². The predicted octanol–water partition coefficient (Wildman–Crippen LogP) is 6.10. The average Bonchev–Trinajstić information content (AvgIpc) is 3.00. The monoisotopic (exact) mass is 543 g/mol. The number of benzene rings is 3. The quantitative estimate of drug-likeness (QED) is 0.380. The van der Waals surface area contributed by atoms with Crippen LogP contribution in [0.25, 0.3) is 0 Å². The van der Waals surface area contributed by atoms with E-state index in [1.807, 2.05) is 19.1 Å². The van der Waals surface area contributed by atoms with Crippen molar-refractivity contribution >= 4 is 73.9 Å². The molecule has 0 aliphatic carbocycles. The van der Waals surface area contributed by atoms with Crippen LogP contribution in [0.4, 0.5) is 17.1 Å². The Morgan fingerprint density at radius 3 is 2.24 bits per heavy atom. The normalized spacial score (nSPS) is 13.5. The molecule has 3 aromatic rings. The van der Waals surface area contributed by atoms with Crippen LogP contribution in [-0.2, 0) is 9.59 Å². The van der Waals surface area contributed by atoms with Crippen molar-refractivity contribution in [1.29, 1.82) is 0 Å². The fourth-order valence-corrected chi connectivity index (χ4v) is 3.81. The van der Waals surface area contributed by atoms with E-state index in [2.05, 4.69) is 26.6 Å². The molecule has 3 amide bonds. The molecular weight excluding hydrogens is 529 g/mol. The second kappa shape index (κ2) is 9.39. The summed E-state index contributed by atoms with van der Waals surface area (Å²) in [6, 6.07) is 18.5. The summed E-state index contributed by atoms with van der Waals surface area (Å²) in [5.74, 6) is -1.57. The minimum absolute atomic E-state index is 0.0646. The zero-order valence-corrected chi connectivity index (χ0v) is 20.3. The van der Waals surface area contributed by atoms with Crippen LogP contribution in [-0.4, -0.2) is 17.7 Å². The molecule has 9 heteroatoms. The number of imide groups is 1. The molecule has 1 heterocycles. The Balaban J connectivity index is 1.57. The molecule has 166 valence electrons. The third kappa shape index (κ3) is 4.80. The summed E-state index contributed by atoms with van der Waals surface area (Å²) in [6.07, 6.45) is 0. The standard InChI is InChI=1S/C24H16BrCl2N3O3/c1-13-2-3-14(22(31)28-17-8-4-15(25)5-9-17)12-19(13)29-21-20(27)23(32)30(24(21)33)18-10-6-16(26)7-11-18/h2-12,29H,1H3,(H,28,31). The molecular formula is C24H16BrCl2N3O3. The van der Waals surface area contributed by atoms with Crippen molar-refractivity contribution in [2.24, 2.45) is 0 Å². The number of nitrogens with one attached hydrogen (secondary N) is 2. The lowest BCUT2D eigenvalue weighted by Gasteiger charge is -2.16. The summed E-state index contributed by atoms with van der Waals surface area (Å²) in [7, 11) is 0. The molecule has 1 aliphatic heterocycles. The van der Waals surface area contributed by atoms with Gasteiger partial charge < -0.3 is 10.6 Å². The zero-order chi connectivity index (χ0) is 23.7. The molecule has 0 radical (unpaired) electrons. The number of hydrogen-bond donors (Lipinski definition) is 2. The number of anilines is 3. The van der Waals surface area contributed by atoms with Crippen LogP contribution in [0, 0.1) is 6.92 Å². The Kier molecular flexibility index (Phi) is 6.56. The highest BCUT2D eigenvalue weighted by molar-refractivity contribution is 9.10. The summed E-state index contributed by atoms with van der Waals surface area (Å²) < 4.78 is 0.899. The number of hydrogen-bond acceptors (Lipinski definition) is 4. The van der Waals surface area contributed by atoms with E-state index in [0.717, 1.165) is 14.9 Å². The second-order valence-electron chi connectivity index (χ2n) is 7.23. The van der Waals surface area contributed by atoms with E-state index in [0.29, 0.717) is 27.6 Å². The van der Waals surface area contributed by atoms with Crippen LogP contribution in [0.1, 0.15) is 15.9 Å². The van der Waals surface area contributed by atoms with Gasteiger partial charge in [0.15, 0.2) is 0 Å². The van der Waals surface area contributed by atoms with Gasteiger partial charge >= 0.3 is 0 Å². The van der Waals surface area contributed by atoms with Gasteiger partial charge in [0.25, 0.3) is 17.7 Å². The van der Waals surface area contributed by atoms with Crippen molar-refractivity contribution in [1.82, 2.24) is 0 Å².